The van der Waals surface area contributed by atoms with E-state index in [-0.39, 0.29) is 0 Å². The first kappa shape index (κ1) is 24.2. The summed E-state index contributed by atoms with van der Waals surface area (Å²) in [5.74, 6) is 0. The van der Waals surface area contributed by atoms with Gasteiger partial charge >= 0.3 is 0 Å². The summed E-state index contributed by atoms with van der Waals surface area (Å²) in [4.78, 5) is 0. The van der Waals surface area contributed by atoms with Crippen LogP contribution in [0.15, 0.2) is 114 Å². The van der Waals surface area contributed by atoms with Gasteiger partial charge in [-0.15, -0.1) is 11.3 Å². The van der Waals surface area contributed by atoms with Gasteiger partial charge in [0.15, 0.2) is 11.2 Å². The van der Waals surface area contributed by atoms with Crippen LogP contribution >= 0.6 is 11.3 Å². The SMILES string of the molecule is Cc1ccc2c(c1)c1cc(C)ccc1n2-c1cccc2c1oc1c(C#N)ccc(-c3cccc4sc5ccccc5c34)c12. The average molecular weight is 569 g/mol. The van der Waals surface area contributed by atoms with Crippen LogP contribution in [0.2, 0.25) is 0 Å². The molecular formula is C39H24N2OS. The van der Waals surface area contributed by atoms with Crippen LogP contribution in [0.5, 0.6) is 0 Å². The van der Waals surface area contributed by atoms with E-state index in [2.05, 4.69) is 128 Å². The van der Waals surface area contributed by atoms with Crippen LogP contribution in [0.25, 0.3) is 80.7 Å². The Balaban J connectivity index is 1.42. The number of benzene rings is 6. The Morgan fingerprint density at radius 1 is 0.605 bits per heavy atom. The molecule has 3 heterocycles. The third-order valence-corrected chi connectivity index (χ3v) is 9.89. The number of aromatic nitrogens is 1. The second-order valence-electron chi connectivity index (χ2n) is 11.4. The molecule has 0 radical (unpaired) electrons. The summed E-state index contributed by atoms with van der Waals surface area (Å²) >= 11 is 1.81. The number of thiophene rings is 1. The first-order valence-electron chi connectivity index (χ1n) is 14.4. The Morgan fingerprint density at radius 3 is 2.05 bits per heavy atom. The van der Waals surface area contributed by atoms with Gasteiger partial charge in [-0.05, 0) is 73.5 Å². The van der Waals surface area contributed by atoms with Crippen LogP contribution in [-0.4, -0.2) is 4.57 Å². The molecule has 43 heavy (non-hydrogen) atoms. The van der Waals surface area contributed by atoms with Gasteiger partial charge in [0.05, 0.1) is 22.3 Å². The van der Waals surface area contributed by atoms with Crippen LogP contribution in [0.3, 0.4) is 0 Å². The van der Waals surface area contributed by atoms with Crippen molar-refractivity contribution in [2.75, 3.05) is 0 Å². The fourth-order valence-electron chi connectivity index (χ4n) is 6.89. The Morgan fingerprint density at radius 2 is 1.28 bits per heavy atom. The number of furan rings is 1. The maximum absolute atomic E-state index is 10.2. The zero-order valence-corrected chi connectivity index (χ0v) is 24.4. The molecule has 6 aromatic carbocycles. The Hall–Kier alpha value is -5.37. The first-order valence-corrected chi connectivity index (χ1v) is 15.2. The molecule has 0 saturated heterocycles. The summed E-state index contributed by atoms with van der Waals surface area (Å²) in [5, 5.41) is 17.1. The van der Waals surface area contributed by atoms with Crippen LogP contribution in [-0.2, 0) is 0 Å². The van der Waals surface area contributed by atoms with E-state index in [9.17, 15) is 5.26 Å². The normalized spacial score (nSPS) is 11.9. The number of rotatable bonds is 2. The molecule has 0 aliphatic heterocycles. The molecule has 202 valence electrons. The predicted molar refractivity (Wildman–Crippen MR) is 181 cm³/mol. The molecule has 0 unspecified atom stereocenters. The zero-order valence-electron chi connectivity index (χ0n) is 23.6. The molecule has 4 heteroatoms. The van der Waals surface area contributed by atoms with Gasteiger partial charge in [-0.25, -0.2) is 0 Å². The number of nitriles is 1. The van der Waals surface area contributed by atoms with Gasteiger partial charge in [0.2, 0.25) is 0 Å². The Bertz CT molecular complexity index is 2600. The number of aryl methyl sites for hydroxylation is 2. The predicted octanol–water partition coefficient (Wildman–Crippen LogP) is 11.2. The fourth-order valence-corrected chi connectivity index (χ4v) is 8.02. The van der Waals surface area contributed by atoms with Crippen molar-refractivity contribution >= 4 is 75.3 Å². The van der Waals surface area contributed by atoms with Crippen molar-refractivity contribution in [1.29, 1.82) is 5.26 Å². The topological polar surface area (TPSA) is 41.9 Å². The molecule has 9 rings (SSSR count). The van der Waals surface area contributed by atoms with E-state index in [4.69, 9.17) is 4.42 Å². The van der Waals surface area contributed by atoms with E-state index in [1.54, 1.807) is 0 Å². The fraction of sp³-hybridized carbons (Fsp3) is 0.0513. The quantitative estimate of drug-likeness (QED) is 0.208. The number of fused-ring (bicyclic) bond motifs is 9. The van der Waals surface area contributed by atoms with Gasteiger partial charge < -0.3 is 8.98 Å². The van der Waals surface area contributed by atoms with Crippen molar-refractivity contribution in [3.63, 3.8) is 0 Å². The summed E-state index contributed by atoms with van der Waals surface area (Å²) in [7, 11) is 0. The molecule has 0 fully saturated rings. The molecule has 0 amide bonds. The number of hydrogen-bond acceptors (Lipinski definition) is 3. The smallest absolute Gasteiger partial charge is 0.159 e. The third kappa shape index (κ3) is 3.34. The lowest BCUT2D eigenvalue weighted by molar-refractivity contribution is 0.665. The van der Waals surface area contributed by atoms with Crippen molar-refractivity contribution in [2.45, 2.75) is 13.8 Å². The van der Waals surface area contributed by atoms with Crippen molar-refractivity contribution in [2.24, 2.45) is 0 Å². The summed E-state index contributed by atoms with van der Waals surface area (Å²) in [6.07, 6.45) is 0. The van der Waals surface area contributed by atoms with Gasteiger partial charge in [-0.1, -0.05) is 71.8 Å². The monoisotopic (exact) mass is 568 g/mol. The Labute approximate surface area is 251 Å². The largest absolute Gasteiger partial charge is 0.452 e. The van der Waals surface area contributed by atoms with Gasteiger partial charge in [0, 0.05) is 41.7 Å². The van der Waals surface area contributed by atoms with Crippen LogP contribution in [0.4, 0.5) is 0 Å². The standard InChI is InChI=1S/C39H24N2OS/c1-22-13-17-31-29(19-22)30-20-23(2)14-18-32(30)41(31)33-10-5-9-28-37-26(16-15-24(21-40)38(37)42-39(28)33)25-8-6-12-35-36(25)27-7-3-4-11-34(27)43-35/h3-20H,1-2H3. The van der Waals surface area contributed by atoms with Crippen molar-refractivity contribution < 1.29 is 4.42 Å². The molecule has 0 spiro atoms. The average Bonchev–Trinajstić information content (AvgIpc) is 3.70. The van der Waals surface area contributed by atoms with E-state index in [1.165, 1.54) is 42.1 Å². The van der Waals surface area contributed by atoms with E-state index >= 15 is 0 Å². The summed E-state index contributed by atoms with van der Waals surface area (Å²) < 4.78 is 11.6. The zero-order chi connectivity index (χ0) is 28.8. The molecule has 0 N–H and O–H groups in total. The molecule has 0 bridgehead atoms. The lowest BCUT2D eigenvalue weighted by Gasteiger charge is -2.09. The second kappa shape index (κ2) is 8.82. The van der Waals surface area contributed by atoms with E-state index < -0.39 is 0 Å². The number of hydrogen-bond donors (Lipinski definition) is 0. The maximum atomic E-state index is 10.2. The number of para-hydroxylation sites is 1. The van der Waals surface area contributed by atoms with Crippen LogP contribution in [0.1, 0.15) is 16.7 Å². The number of nitrogens with zero attached hydrogens (tertiary/aromatic N) is 2. The molecule has 3 aromatic heterocycles. The van der Waals surface area contributed by atoms with Crippen molar-refractivity contribution in [1.82, 2.24) is 4.57 Å². The van der Waals surface area contributed by atoms with E-state index in [0.717, 1.165) is 44.2 Å². The third-order valence-electron chi connectivity index (χ3n) is 8.76. The molecule has 0 saturated carbocycles. The summed E-state index contributed by atoms with van der Waals surface area (Å²) in [6, 6.07) is 41.2. The van der Waals surface area contributed by atoms with Gasteiger partial charge in [-0.3, -0.25) is 0 Å². The lowest BCUT2D eigenvalue weighted by atomic mass is 9.94. The molecule has 0 aliphatic carbocycles. The Kier molecular flexibility index (Phi) is 4.97. The van der Waals surface area contributed by atoms with E-state index in [0.29, 0.717) is 11.1 Å². The minimum atomic E-state index is 0.539. The second-order valence-corrected chi connectivity index (χ2v) is 12.5. The van der Waals surface area contributed by atoms with Crippen LogP contribution in [0, 0.1) is 25.2 Å². The lowest BCUT2D eigenvalue weighted by Crippen LogP contribution is -1.94. The van der Waals surface area contributed by atoms with Gasteiger partial charge in [0.1, 0.15) is 6.07 Å². The minimum Gasteiger partial charge on any atom is -0.452 e. The highest BCUT2D eigenvalue weighted by molar-refractivity contribution is 7.25. The summed E-state index contributed by atoms with van der Waals surface area (Å²) in [5.41, 5.74) is 9.88. The molecule has 0 atom stereocenters. The highest BCUT2D eigenvalue weighted by atomic mass is 32.1. The molecule has 9 aromatic rings. The molecule has 0 aliphatic rings. The van der Waals surface area contributed by atoms with Gasteiger partial charge in [0.25, 0.3) is 0 Å². The summed E-state index contributed by atoms with van der Waals surface area (Å²) in [6.45, 7) is 4.28. The maximum Gasteiger partial charge on any atom is 0.159 e. The van der Waals surface area contributed by atoms with Crippen molar-refractivity contribution in [3.05, 3.63) is 126 Å². The van der Waals surface area contributed by atoms with E-state index in [1.807, 2.05) is 17.4 Å². The first-order chi connectivity index (χ1) is 21.1. The van der Waals surface area contributed by atoms with Crippen LogP contribution < -0.4 is 0 Å². The highest BCUT2D eigenvalue weighted by Gasteiger charge is 2.22. The van der Waals surface area contributed by atoms with Crippen molar-refractivity contribution in [3.8, 4) is 22.9 Å². The highest BCUT2D eigenvalue weighted by Crippen LogP contribution is 2.46. The minimum absolute atomic E-state index is 0.539. The van der Waals surface area contributed by atoms with Gasteiger partial charge in [-0.2, -0.15) is 5.26 Å². The molecular weight excluding hydrogens is 545 g/mol. The molecule has 3 nitrogen and oxygen atoms in total.